The second-order valence-corrected chi connectivity index (χ2v) is 9.00. The van der Waals surface area contributed by atoms with Gasteiger partial charge in [-0.3, -0.25) is 4.79 Å². The van der Waals surface area contributed by atoms with Crippen molar-refractivity contribution in [2.24, 2.45) is 5.41 Å². The Labute approximate surface area is 154 Å². The molecule has 3 N–H and O–H groups in total. The monoisotopic (exact) mass is 381 g/mol. The molecule has 1 amide bonds. The van der Waals surface area contributed by atoms with Crippen LogP contribution < -0.4 is 15.4 Å². The van der Waals surface area contributed by atoms with E-state index in [-0.39, 0.29) is 16.2 Å². The lowest BCUT2D eigenvalue weighted by atomic mass is 9.80. The molecule has 0 radical (unpaired) electrons. The third kappa shape index (κ3) is 4.43. The van der Waals surface area contributed by atoms with Crippen molar-refractivity contribution in [3.63, 3.8) is 0 Å². The van der Waals surface area contributed by atoms with Crippen molar-refractivity contribution in [3.8, 4) is 0 Å². The number of benzene rings is 1. The molecule has 0 bridgehead atoms. The highest BCUT2D eigenvalue weighted by Crippen LogP contribution is 2.29. The molecule has 1 fully saturated rings. The van der Waals surface area contributed by atoms with E-state index >= 15 is 0 Å². The van der Waals surface area contributed by atoms with E-state index in [4.69, 9.17) is 4.74 Å². The maximum absolute atomic E-state index is 12.8. The van der Waals surface area contributed by atoms with Crippen LogP contribution in [0.15, 0.2) is 23.1 Å². The Morgan fingerprint density at radius 2 is 2.00 bits per heavy atom. The van der Waals surface area contributed by atoms with Crippen LogP contribution in [0.3, 0.4) is 0 Å². The van der Waals surface area contributed by atoms with Gasteiger partial charge in [-0.1, -0.05) is 0 Å². The minimum atomic E-state index is -3.61. The van der Waals surface area contributed by atoms with Gasteiger partial charge in [0, 0.05) is 31.2 Å². The van der Waals surface area contributed by atoms with E-state index < -0.39 is 10.0 Å². The van der Waals surface area contributed by atoms with Gasteiger partial charge in [0.2, 0.25) is 15.9 Å². The Bertz CT molecular complexity index is 752. The average Bonchev–Trinajstić information content (AvgIpc) is 2.81. The van der Waals surface area contributed by atoms with Gasteiger partial charge in [0.25, 0.3) is 0 Å². The molecule has 144 valence electrons. The topological polar surface area (TPSA) is 96.5 Å². The van der Waals surface area contributed by atoms with Gasteiger partial charge in [0.1, 0.15) is 0 Å². The van der Waals surface area contributed by atoms with Crippen LogP contribution >= 0.6 is 0 Å². The van der Waals surface area contributed by atoms with E-state index in [1.54, 1.807) is 25.3 Å². The van der Waals surface area contributed by atoms with Crippen molar-refractivity contribution < 1.29 is 17.9 Å². The van der Waals surface area contributed by atoms with E-state index in [2.05, 4.69) is 15.4 Å². The Kier molecular flexibility index (Phi) is 5.96. The van der Waals surface area contributed by atoms with Gasteiger partial charge < -0.3 is 15.4 Å². The van der Waals surface area contributed by atoms with E-state index in [9.17, 15) is 13.2 Å². The third-order valence-electron chi connectivity index (χ3n) is 5.26. The number of aryl methyl sites for hydroxylation is 1. The molecular formula is C18H27N3O4S. The van der Waals surface area contributed by atoms with E-state index in [1.165, 1.54) is 0 Å². The first-order chi connectivity index (χ1) is 12.4. The lowest BCUT2D eigenvalue weighted by Crippen LogP contribution is -2.47. The molecule has 1 aromatic rings. The van der Waals surface area contributed by atoms with Crippen molar-refractivity contribution in [1.29, 1.82) is 0 Å². The second-order valence-electron chi connectivity index (χ2n) is 7.23. The number of carbonyl (C=O) groups is 1. The van der Waals surface area contributed by atoms with Crippen LogP contribution in [0.1, 0.15) is 31.2 Å². The average molecular weight is 381 g/mol. The normalized spacial score (nSPS) is 20.1. The predicted octanol–water partition coefficient (Wildman–Crippen LogP) is 1.26. The number of sulfonamides is 1. The molecule has 1 aromatic carbocycles. The SMILES string of the molecule is COCC1(CNS(=O)(=O)c2ccc3c(c2)CCCC(=O)N3)CCNCC1. The summed E-state index contributed by atoms with van der Waals surface area (Å²) in [6.45, 7) is 2.62. The van der Waals surface area contributed by atoms with Crippen LogP contribution in [0, 0.1) is 5.41 Å². The van der Waals surface area contributed by atoms with Crippen molar-refractivity contribution >= 4 is 21.6 Å². The molecule has 0 spiro atoms. The van der Waals surface area contributed by atoms with Gasteiger partial charge in [0.15, 0.2) is 0 Å². The molecule has 0 aliphatic carbocycles. The second kappa shape index (κ2) is 8.04. The summed E-state index contributed by atoms with van der Waals surface area (Å²) in [6, 6.07) is 4.91. The number of methoxy groups -OCH3 is 1. The zero-order chi connectivity index (χ0) is 18.6. The summed E-state index contributed by atoms with van der Waals surface area (Å²) in [5.74, 6) is -0.0232. The van der Waals surface area contributed by atoms with Gasteiger partial charge in [-0.25, -0.2) is 13.1 Å². The Morgan fingerprint density at radius 1 is 1.23 bits per heavy atom. The predicted molar refractivity (Wildman–Crippen MR) is 99.6 cm³/mol. The van der Waals surface area contributed by atoms with Crippen LogP contribution in [0.4, 0.5) is 5.69 Å². The number of ether oxygens (including phenoxy) is 1. The zero-order valence-corrected chi connectivity index (χ0v) is 16.0. The van der Waals surface area contributed by atoms with Crippen LogP contribution in [-0.2, 0) is 26.0 Å². The highest BCUT2D eigenvalue weighted by molar-refractivity contribution is 7.89. The van der Waals surface area contributed by atoms with Crippen molar-refractivity contribution in [2.45, 2.75) is 37.0 Å². The van der Waals surface area contributed by atoms with E-state index in [1.807, 2.05) is 0 Å². The molecule has 2 aliphatic rings. The summed E-state index contributed by atoms with van der Waals surface area (Å²) in [5.41, 5.74) is 1.40. The first kappa shape index (κ1) is 19.3. The molecule has 0 aromatic heterocycles. The summed E-state index contributed by atoms with van der Waals surface area (Å²) in [5, 5.41) is 6.13. The van der Waals surface area contributed by atoms with Gasteiger partial charge in [-0.05, 0) is 62.5 Å². The summed E-state index contributed by atoms with van der Waals surface area (Å²) in [7, 11) is -1.96. The Hall–Kier alpha value is -1.48. The first-order valence-corrected chi connectivity index (χ1v) is 10.5. The highest BCUT2D eigenvalue weighted by Gasteiger charge is 2.33. The number of hydrogen-bond acceptors (Lipinski definition) is 5. The van der Waals surface area contributed by atoms with Gasteiger partial charge in [-0.2, -0.15) is 0 Å². The smallest absolute Gasteiger partial charge is 0.240 e. The lowest BCUT2D eigenvalue weighted by molar-refractivity contribution is -0.116. The van der Waals surface area contributed by atoms with E-state index in [0.717, 1.165) is 37.9 Å². The fraction of sp³-hybridized carbons (Fsp3) is 0.611. The summed E-state index contributed by atoms with van der Waals surface area (Å²) in [4.78, 5) is 11.9. The molecule has 2 heterocycles. The van der Waals surface area contributed by atoms with Crippen LogP contribution in [0.5, 0.6) is 0 Å². The molecule has 0 saturated carbocycles. The third-order valence-corrected chi connectivity index (χ3v) is 6.66. The molecular weight excluding hydrogens is 354 g/mol. The molecule has 1 saturated heterocycles. The summed E-state index contributed by atoms with van der Waals surface area (Å²) in [6.07, 6.45) is 3.62. The van der Waals surface area contributed by atoms with Gasteiger partial charge in [0.05, 0.1) is 11.5 Å². The van der Waals surface area contributed by atoms with Crippen LogP contribution in [0.25, 0.3) is 0 Å². The number of hydrogen-bond donors (Lipinski definition) is 3. The molecule has 0 unspecified atom stereocenters. The largest absolute Gasteiger partial charge is 0.384 e. The summed E-state index contributed by atoms with van der Waals surface area (Å²) >= 11 is 0. The minimum absolute atomic E-state index is 0.0232. The molecule has 7 nitrogen and oxygen atoms in total. The number of amides is 1. The van der Waals surface area contributed by atoms with E-state index in [0.29, 0.717) is 31.7 Å². The van der Waals surface area contributed by atoms with Gasteiger partial charge >= 0.3 is 0 Å². The molecule has 26 heavy (non-hydrogen) atoms. The number of nitrogens with one attached hydrogen (secondary N) is 3. The van der Waals surface area contributed by atoms with Crippen LogP contribution in [-0.4, -0.2) is 47.7 Å². The number of anilines is 1. The lowest BCUT2D eigenvalue weighted by Gasteiger charge is -2.37. The Morgan fingerprint density at radius 3 is 2.73 bits per heavy atom. The maximum atomic E-state index is 12.8. The van der Waals surface area contributed by atoms with Crippen molar-refractivity contribution in [2.75, 3.05) is 38.7 Å². The van der Waals surface area contributed by atoms with Gasteiger partial charge in [-0.15, -0.1) is 0 Å². The minimum Gasteiger partial charge on any atom is -0.384 e. The zero-order valence-electron chi connectivity index (χ0n) is 15.1. The standard InChI is InChI=1S/C18H27N3O4S/c1-25-13-18(7-9-19-10-8-18)12-20-26(23,24)15-5-6-16-14(11-15)3-2-4-17(22)21-16/h5-6,11,19-20H,2-4,7-10,12-13H2,1H3,(H,21,22). The number of carbonyl (C=O) groups excluding carboxylic acids is 1. The number of fused-ring (bicyclic) bond motifs is 1. The highest BCUT2D eigenvalue weighted by atomic mass is 32.2. The molecule has 0 atom stereocenters. The quantitative estimate of drug-likeness (QED) is 0.689. The number of rotatable bonds is 6. The van der Waals surface area contributed by atoms with Crippen LogP contribution in [0.2, 0.25) is 0 Å². The van der Waals surface area contributed by atoms with Crippen molar-refractivity contribution in [1.82, 2.24) is 10.0 Å². The molecule has 3 rings (SSSR count). The molecule has 2 aliphatic heterocycles. The Balaban J connectivity index is 1.75. The summed E-state index contributed by atoms with van der Waals surface area (Å²) < 4.78 is 33.7. The fourth-order valence-electron chi connectivity index (χ4n) is 3.68. The van der Waals surface area contributed by atoms with Crippen molar-refractivity contribution in [3.05, 3.63) is 23.8 Å². The maximum Gasteiger partial charge on any atom is 0.240 e. The number of piperidine rings is 1. The molecule has 8 heteroatoms. The first-order valence-electron chi connectivity index (χ1n) is 9.06. The fourth-order valence-corrected chi connectivity index (χ4v) is 4.89.